The Balaban J connectivity index is 1.74. The monoisotopic (exact) mass is 328 g/mol. The fraction of sp³-hybridized carbons (Fsp3) is 0.267. The Morgan fingerprint density at radius 2 is 2.00 bits per heavy atom. The molecule has 0 unspecified atom stereocenters. The molecule has 3 aromatic heterocycles. The molecule has 0 fully saturated rings. The summed E-state index contributed by atoms with van der Waals surface area (Å²) < 4.78 is 1.80. The molecule has 23 heavy (non-hydrogen) atoms. The third-order valence-corrected chi connectivity index (χ3v) is 3.86. The standard InChI is InChI=1S/C15H16N6OS/c1-15(2,3)21-8-10(7-18-21)19-13(22)11-9-23-14(20-11)12-16-5-4-6-17-12/h4-9H,1-3H3,(H,19,22). The van der Waals surface area contributed by atoms with Gasteiger partial charge in [0.05, 0.1) is 17.4 Å². The Bertz CT molecular complexity index is 818. The zero-order valence-electron chi connectivity index (χ0n) is 13.0. The van der Waals surface area contributed by atoms with Gasteiger partial charge in [-0.3, -0.25) is 9.48 Å². The molecule has 1 N–H and O–H groups in total. The van der Waals surface area contributed by atoms with Gasteiger partial charge in [-0.05, 0) is 26.8 Å². The van der Waals surface area contributed by atoms with Crippen molar-refractivity contribution >= 4 is 22.9 Å². The van der Waals surface area contributed by atoms with Gasteiger partial charge < -0.3 is 5.32 Å². The normalized spacial score (nSPS) is 11.4. The van der Waals surface area contributed by atoms with Crippen LogP contribution in [0.25, 0.3) is 10.8 Å². The summed E-state index contributed by atoms with van der Waals surface area (Å²) in [5, 5.41) is 9.35. The van der Waals surface area contributed by atoms with Crippen LogP contribution in [-0.2, 0) is 5.54 Å². The smallest absolute Gasteiger partial charge is 0.275 e. The average Bonchev–Trinajstić information content (AvgIpc) is 3.16. The molecule has 3 rings (SSSR count). The van der Waals surface area contributed by atoms with E-state index in [1.54, 1.807) is 40.9 Å². The molecule has 7 nitrogen and oxygen atoms in total. The highest BCUT2D eigenvalue weighted by Gasteiger charge is 2.17. The molecule has 0 aromatic carbocycles. The van der Waals surface area contributed by atoms with Crippen molar-refractivity contribution in [1.29, 1.82) is 0 Å². The summed E-state index contributed by atoms with van der Waals surface area (Å²) in [5.41, 5.74) is 0.831. The van der Waals surface area contributed by atoms with Crippen molar-refractivity contribution in [1.82, 2.24) is 24.7 Å². The van der Waals surface area contributed by atoms with Gasteiger partial charge in [0.2, 0.25) is 0 Å². The van der Waals surface area contributed by atoms with E-state index in [-0.39, 0.29) is 11.4 Å². The third kappa shape index (κ3) is 3.42. The van der Waals surface area contributed by atoms with E-state index >= 15 is 0 Å². The van der Waals surface area contributed by atoms with E-state index in [4.69, 9.17) is 0 Å². The molecule has 0 saturated carbocycles. The first-order chi connectivity index (χ1) is 10.9. The van der Waals surface area contributed by atoms with Crippen LogP contribution in [0.5, 0.6) is 0 Å². The van der Waals surface area contributed by atoms with Crippen molar-refractivity contribution in [3.63, 3.8) is 0 Å². The van der Waals surface area contributed by atoms with Gasteiger partial charge in [0.25, 0.3) is 5.91 Å². The largest absolute Gasteiger partial charge is 0.318 e. The second-order valence-electron chi connectivity index (χ2n) is 5.91. The number of anilines is 1. The lowest BCUT2D eigenvalue weighted by Gasteiger charge is -2.18. The van der Waals surface area contributed by atoms with Crippen LogP contribution in [0, 0.1) is 0 Å². The fourth-order valence-electron chi connectivity index (χ4n) is 1.84. The SMILES string of the molecule is CC(C)(C)n1cc(NC(=O)c2csc(-c3ncccn3)n2)cn1. The number of hydrogen-bond acceptors (Lipinski definition) is 6. The molecule has 0 bridgehead atoms. The molecule has 0 atom stereocenters. The molecule has 118 valence electrons. The molecule has 0 aliphatic carbocycles. The minimum absolute atomic E-state index is 0.137. The van der Waals surface area contributed by atoms with Crippen LogP contribution in [0.4, 0.5) is 5.69 Å². The van der Waals surface area contributed by atoms with E-state index in [0.29, 0.717) is 22.2 Å². The molecule has 0 saturated heterocycles. The first-order valence-electron chi connectivity index (χ1n) is 7.03. The van der Waals surface area contributed by atoms with Gasteiger partial charge >= 0.3 is 0 Å². The Hall–Kier alpha value is -2.61. The number of nitrogens with one attached hydrogen (secondary N) is 1. The lowest BCUT2D eigenvalue weighted by molar-refractivity contribution is 0.102. The van der Waals surface area contributed by atoms with E-state index in [2.05, 4.69) is 25.4 Å². The lowest BCUT2D eigenvalue weighted by atomic mass is 10.1. The predicted octanol–water partition coefficient (Wildman–Crippen LogP) is 2.80. The van der Waals surface area contributed by atoms with E-state index < -0.39 is 0 Å². The number of aromatic nitrogens is 5. The van der Waals surface area contributed by atoms with Crippen LogP contribution in [0.15, 0.2) is 36.2 Å². The third-order valence-electron chi connectivity index (χ3n) is 3.02. The van der Waals surface area contributed by atoms with Crippen molar-refractivity contribution in [3.05, 3.63) is 41.9 Å². The van der Waals surface area contributed by atoms with Crippen LogP contribution in [-0.4, -0.2) is 30.6 Å². The minimum Gasteiger partial charge on any atom is -0.318 e. The van der Waals surface area contributed by atoms with Gasteiger partial charge in [0.1, 0.15) is 5.69 Å². The van der Waals surface area contributed by atoms with E-state index in [1.165, 1.54) is 11.3 Å². The zero-order valence-corrected chi connectivity index (χ0v) is 13.8. The van der Waals surface area contributed by atoms with Gasteiger partial charge in [-0.15, -0.1) is 11.3 Å². The van der Waals surface area contributed by atoms with Crippen molar-refractivity contribution in [2.75, 3.05) is 5.32 Å². The van der Waals surface area contributed by atoms with Crippen LogP contribution < -0.4 is 5.32 Å². The maximum absolute atomic E-state index is 12.3. The average molecular weight is 328 g/mol. The van der Waals surface area contributed by atoms with Gasteiger partial charge in [-0.2, -0.15) is 5.10 Å². The number of amides is 1. The van der Waals surface area contributed by atoms with Crippen LogP contribution in [0.1, 0.15) is 31.3 Å². The number of carbonyl (C=O) groups excluding carboxylic acids is 1. The molecule has 3 heterocycles. The molecular formula is C15H16N6OS. The highest BCUT2D eigenvalue weighted by atomic mass is 32.1. The number of hydrogen-bond donors (Lipinski definition) is 1. The van der Waals surface area contributed by atoms with Crippen molar-refractivity contribution in [2.24, 2.45) is 0 Å². The molecule has 0 radical (unpaired) electrons. The Morgan fingerprint density at radius 3 is 2.65 bits per heavy atom. The van der Waals surface area contributed by atoms with E-state index in [0.717, 1.165) is 0 Å². The molecule has 0 spiro atoms. The van der Waals surface area contributed by atoms with Crippen LogP contribution in [0.3, 0.4) is 0 Å². The fourth-order valence-corrected chi connectivity index (χ4v) is 2.58. The Kier molecular flexibility index (Phi) is 3.91. The maximum atomic E-state index is 12.3. The Morgan fingerprint density at radius 1 is 1.26 bits per heavy atom. The minimum atomic E-state index is -0.281. The molecule has 0 aliphatic rings. The topological polar surface area (TPSA) is 85.6 Å². The maximum Gasteiger partial charge on any atom is 0.275 e. The summed E-state index contributed by atoms with van der Waals surface area (Å²) in [5.74, 6) is 0.231. The highest BCUT2D eigenvalue weighted by Crippen LogP contribution is 2.21. The quantitative estimate of drug-likeness (QED) is 0.799. The van der Waals surface area contributed by atoms with Gasteiger partial charge in [0.15, 0.2) is 10.8 Å². The molecule has 8 heteroatoms. The summed E-state index contributed by atoms with van der Waals surface area (Å²) in [6, 6.07) is 1.73. The first kappa shape index (κ1) is 15.3. The first-order valence-corrected chi connectivity index (χ1v) is 7.91. The van der Waals surface area contributed by atoms with E-state index in [9.17, 15) is 4.79 Å². The summed E-state index contributed by atoms with van der Waals surface area (Å²) in [4.78, 5) is 24.8. The molecule has 1 amide bonds. The molecule has 3 aromatic rings. The predicted molar refractivity (Wildman–Crippen MR) is 88.3 cm³/mol. The highest BCUT2D eigenvalue weighted by molar-refractivity contribution is 7.13. The van der Waals surface area contributed by atoms with Crippen molar-refractivity contribution < 1.29 is 4.79 Å². The van der Waals surface area contributed by atoms with Crippen LogP contribution >= 0.6 is 11.3 Å². The zero-order chi connectivity index (χ0) is 16.4. The second kappa shape index (κ2) is 5.88. The Labute approximate surface area is 137 Å². The summed E-state index contributed by atoms with van der Waals surface area (Å²) >= 11 is 1.33. The van der Waals surface area contributed by atoms with Crippen LogP contribution in [0.2, 0.25) is 0 Å². The van der Waals surface area contributed by atoms with Gasteiger partial charge in [0, 0.05) is 24.0 Å². The van der Waals surface area contributed by atoms with Crippen molar-refractivity contribution in [3.8, 4) is 10.8 Å². The second-order valence-corrected chi connectivity index (χ2v) is 6.77. The summed E-state index contributed by atoms with van der Waals surface area (Å²) in [7, 11) is 0. The number of thiazole rings is 1. The van der Waals surface area contributed by atoms with Crippen molar-refractivity contribution in [2.45, 2.75) is 26.3 Å². The van der Waals surface area contributed by atoms with E-state index in [1.807, 2.05) is 20.8 Å². The van der Waals surface area contributed by atoms with Gasteiger partial charge in [-0.25, -0.2) is 15.0 Å². The summed E-state index contributed by atoms with van der Waals surface area (Å²) in [6.07, 6.45) is 6.71. The number of rotatable bonds is 3. The lowest BCUT2D eigenvalue weighted by Crippen LogP contribution is -2.22. The molecule has 0 aliphatic heterocycles. The summed E-state index contributed by atoms with van der Waals surface area (Å²) in [6.45, 7) is 6.12. The molecular weight excluding hydrogens is 312 g/mol. The number of nitrogens with zero attached hydrogens (tertiary/aromatic N) is 5. The van der Waals surface area contributed by atoms with Gasteiger partial charge in [-0.1, -0.05) is 0 Å². The number of carbonyl (C=O) groups is 1.